The fraction of sp³-hybridized carbons (Fsp3) is 0.611. The van der Waals surface area contributed by atoms with Crippen molar-refractivity contribution in [1.29, 1.82) is 0 Å². The van der Waals surface area contributed by atoms with E-state index in [1.54, 1.807) is 0 Å². The number of nitrogens with zero attached hydrogens (tertiary/aromatic N) is 3. The van der Waals surface area contributed by atoms with Crippen LogP contribution in [0.4, 0.5) is 4.79 Å². The van der Waals surface area contributed by atoms with Crippen LogP contribution in [0.25, 0.3) is 0 Å². The van der Waals surface area contributed by atoms with Crippen LogP contribution in [-0.4, -0.2) is 73.2 Å². The van der Waals surface area contributed by atoms with Gasteiger partial charge in [0.1, 0.15) is 6.61 Å². The molecule has 2 fully saturated rings. The van der Waals surface area contributed by atoms with E-state index in [1.807, 2.05) is 4.90 Å². The zero-order chi connectivity index (χ0) is 16.1. The molecular weight excluding hydrogens is 290 g/mol. The minimum absolute atomic E-state index is 0.152. The summed E-state index contributed by atoms with van der Waals surface area (Å²) >= 11 is 0. The van der Waals surface area contributed by atoms with E-state index in [2.05, 4.69) is 41.0 Å². The predicted octanol–water partition coefficient (Wildman–Crippen LogP) is 1.95. The molecule has 0 unspecified atom stereocenters. The summed E-state index contributed by atoms with van der Waals surface area (Å²) in [4.78, 5) is 18.3. The molecule has 126 valence electrons. The zero-order valence-corrected chi connectivity index (χ0v) is 14.0. The van der Waals surface area contributed by atoms with Crippen LogP contribution in [0.15, 0.2) is 24.3 Å². The molecular formula is C18H27N3O2. The van der Waals surface area contributed by atoms with Gasteiger partial charge in [0.25, 0.3) is 0 Å². The second-order valence-electron chi connectivity index (χ2n) is 6.50. The monoisotopic (exact) mass is 317 g/mol. The Bertz CT molecular complexity index is 535. The summed E-state index contributed by atoms with van der Waals surface area (Å²) in [7, 11) is 0. The second-order valence-corrected chi connectivity index (χ2v) is 6.50. The molecule has 0 saturated carbocycles. The highest BCUT2D eigenvalue weighted by Gasteiger charge is 2.23. The number of carbonyl (C=O) groups excluding carboxylic acids is 1. The fourth-order valence-electron chi connectivity index (χ4n) is 3.33. The van der Waals surface area contributed by atoms with Crippen molar-refractivity contribution >= 4 is 6.09 Å². The summed E-state index contributed by atoms with van der Waals surface area (Å²) in [6.07, 6.45) is 1.04. The third kappa shape index (κ3) is 4.45. The summed E-state index contributed by atoms with van der Waals surface area (Å²) in [6.45, 7) is 10.7. The molecule has 1 amide bonds. The van der Waals surface area contributed by atoms with Crippen molar-refractivity contribution in [2.24, 2.45) is 0 Å². The summed E-state index contributed by atoms with van der Waals surface area (Å²) < 4.78 is 4.98. The van der Waals surface area contributed by atoms with Crippen molar-refractivity contribution in [2.45, 2.75) is 19.9 Å². The van der Waals surface area contributed by atoms with Crippen molar-refractivity contribution in [3.63, 3.8) is 0 Å². The van der Waals surface area contributed by atoms with Gasteiger partial charge in [0.05, 0.1) is 6.54 Å². The van der Waals surface area contributed by atoms with Crippen LogP contribution in [-0.2, 0) is 11.3 Å². The van der Waals surface area contributed by atoms with Crippen LogP contribution in [0.2, 0.25) is 0 Å². The van der Waals surface area contributed by atoms with Gasteiger partial charge >= 0.3 is 6.09 Å². The molecule has 2 heterocycles. The Morgan fingerprint density at radius 1 is 1.00 bits per heavy atom. The average molecular weight is 317 g/mol. The quantitative estimate of drug-likeness (QED) is 0.832. The van der Waals surface area contributed by atoms with Gasteiger partial charge < -0.3 is 14.5 Å². The van der Waals surface area contributed by atoms with Crippen molar-refractivity contribution in [3.8, 4) is 0 Å². The van der Waals surface area contributed by atoms with E-state index in [0.29, 0.717) is 6.61 Å². The van der Waals surface area contributed by atoms with E-state index in [0.717, 1.165) is 52.4 Å². The third-order valence-electron chi connectivity index (χ3n) is 4.87. The summed E-state index contributed by atoms with van der Waals surface area (Å²) in [5.74, 6) is 0. The van der Waals surface area contributed by atoms with Gasteiger partial charge in [-0.25, -0.2) is 4.79 Å². The molecule has 1 aromatic rings. The maximum Gasteiger partial charge on any atom is 0.409 e. The maximum absolute atomic E-state index is 11.5. The Labute approximate surface area is 138 Å². The topological polar surface area (TPSA) is 36.0 Å². The summed E-state index contributed by atoms with van der Waals surface area (Å²) in [6, 6.07) is 8.65. The second kappa shape index (κ2) is 7.79. The van der Waals surface area contributed by atoms with Crippen molar-refractivity contribution < 1.29 is 9.53 Å². The van der Waals surface area contributed by atoms with Crippen molar-refractivity contribution in [2.75, 3.05) is 52.4 Å². The number of hydrogen-bond donors (Lipinski definition) is 0. The summed E-state index contributed by atoms with van der Waals surface area (Å²) in [5.41, 5.74) is 2.81. The van der Waals surface area contributed by atoms with Gasteiger partial charge in [0, 0.05) is 32.7 Å². The number of hydrogen-bond acceptors (Lipinski definition) is 4. The normalized spacial score (nSPS) is 20.6. The number of carbonyl (C=O) groups is 1. The largest absolute Gasteiger partial charge is 0.448 e. The number of aryl methyl sites for hydroxylation is 1. The Morgan fingerprint density at radius 3 is 2.57 bits per heavy atom. The maximum atomic E-state index is 11.5. The first-order valence-electron chi connectivity index (χ1n) is 8.63. The number of ether oxygens (including phenoxy) is 1. The van der Waals surface area contributed by atoms with Gasteiger partial charge in [0.2, 0.25) is 0 Å². The van der Waals surface area contributed by atoms with Crippen LogP contribution in [0.1, 0.15) is 17.5 Å². The highest BCUT2D eigenvalue weighted by Crippen LogP contribution is 2.13. The number of cyclic esters (lactones) is 1. The van der Waals surface area contributed by atoms with Crippen molar-refractivity contribution in [3.05, 3.63) is 35.4 Å². The summed E-state index contributed by atoms with van der Waals surface area (Å²) in [5, 5.41) is 0. The van der Waals surface area contributed by atoms with Gasteiger partial charge in [-0.3, -0.25) is 4.90 Å². The number of benzene rings is 1. The van der Waals surface area contributed by atoms with Gasteiger partial charge in [-0.15, -0.1) is 0 Å². The number of rotatable bonds is 5. The fourth-order valence-corrected chi connectivity index (χ4v) is 3.33. The van der Waals surface area contributed by atoms with Gasteiger partial charge in [-0.1, -0.05) is 24.3 Å². The number of amides is 1. The Morgan fingerprint density at radius 2 is 1.78 bits per heavy atom. The van der Waals surface area contributed by atoms with E-state index in [9.17, 15) is 4.79 Å². The molecule has 0 radical (unpaired) electrons. The molecule has 5 nitrogen and oxygen atoms in total. The lowest BCUT2D eigenvalue weighted by molar-refractivity contribution is 0.153. The molecule has 2 aliphatic heterocycles. The molecule has 5 heteroatoms. The first kappa shape index (κ1) is 16.3. The highest BCUT2D eigenvalue weighted by molar-refractivity contribution is 5.69. The lowest BCUT2D eigenvalue weighted by Crippen LogP contribution is -2.37. The Balaban J connectivity index is 1.45. The third-order valence-corrected chi connectivity index (χ3v) is 4.87. The zero-order valence-electron chi connectivity index (χ0n) is 14.0. The van der Waals surface area contributed by atoms with Gasteiger partial charge in [-0.2, -0.15) is 0 Å². The molecule has 0 bridgehead atoms. The highest BCUT2D eigenvalue weighted by atomic mass is 16.6. The molecule has 0 N–H and O–H groups in total. The smallest absolute Gasteiger partial charge is 0.409 e. The van der Waals surface area contributed by atoms with Crippen molar-refractivity contribution in [1.82, 2.24) is 14.7 Å². The van der Waals surface area contributed by atoms with E-state index >= 15 is 0 Å². The molecule has 0 spiro atoms. The standard InChI is InChI=1S/C18H27N3O2/c1-16-5-2-3-6-17(16)15-20-8-4-7-19(9-10-20)11-12-21-13-14-23-18(21)22/h2-3,5-6H,4,7-15H2,1H3. The van der Waals surface area contributed by atoms with E-state index < -0.39 is 0 Å². The van der Waals surface area contributed by atoms with Crippen LogP contribution < -0.4 is 0 Å². The molecule has 0 aromatic heterocycles. The Hall–Kier alpha value is -1.59. The van der Waals surface area contributed by atoms with Crippen LogP contribution in [0.5, 0.6) is 0 Å². The van der Waals surface area contributed by atoms with Gasteiger partial charge in [-0.05, 0) is 37.6 Å². The molecule has 3 rings (SSSR count). The molecule has 2 saturated heterocycles. The minimum atomic E-state index is -0.152. The predicted molar refractivity (Wildman–Crippen MR) is 90.4 cm³/mol. The van der Waals surface area contributed by atoms with Crippen LogP contribution >= 0.6 is 0 Å². The van der Waals surface area contributed by atoms with E-state index in [4.69, 9.17) is 4.74 Å². The molecule has 0 atom stereocenters. The van der Waals surface area contributed by atoms with Crippen LogP contribution in [0.3, 0.4) is 0 Å². The molecule has 23 heavy (non-hydrogen) atoms. The lowest BCUT2D eigenvalue weighted by Gasteiger charge is -2.23. The lowest BCUT2D eigenvalue weighted by atomic mass is 10.1. The van der Waals surface area contributed by atoms with Gasteiger partial charge in [0.15, 0.2) is 0 Å². The van der Waals surface area contributed by atoms with Crippen LogP contribution in [0, 0.1) is 6.92 Å². The van der Waals surface area contributed by atoms with E-state index in [1.165, 1.54) is 17.5 Å². The van der Waals surface area contributed by atoms with E-state index in [-0.39, 0.29) is 6.09 Å². The SMILES string of the molecule is Cc1ccccc1CN1CCCN(CCN2CCOC2=O)CC1. The first-order chi connectivity index (χ1) is 11.2. The average Bonchev–Trinajstić information content (AvgIpc) is 2.82. The minimum Gasteiger partial charge on any atom is -0.448 e. The molecule has 2 aliphatic rings. The Kier molecular flexibility index (Phi) is 5.51. The molecule has 0 aliphatic carbocycles. The molecule has 1 aromatic carbocycles. The first-order valence-corrected chi connectivity index (χ1v) is 8.63.